The molecule has 1 aliphatic heterocycles. The molecule has 2 aromatic heterocycles. The van der Waals surface area contributed by atoms with Gasteiger partial charge >= 0.3 is 0 Å². The first-order chi connectivity index (χ1) is 11.7. The zero-order valence-electron chi connectivity index (χ0n) is 15.5. The number of nitrogens with zero attached hydrogens (tertiary/aromatic N) is 4. The number of aryl methyl sites for hydroxylation is 3. The number of hydrogen-bond donors (Lipinski definition) is 0. The van der Waals surface area contributed by atoms with Crippen molar-refractivity contribution in [2.45, 2.75) is 59.2 Å². The predicted octanol–water partition coefficient (Wildman–Crippen LogP) is 2.25. The van der Waals surface area contributed by atoms with Crippen LogP contribution in [0.3, 0.4) is 0 Å². The third-order valence-corrected chi connectivity index (χ3v) is 4.56. The van der Waals surface area contributed by atoms with Crippen molar-refractivity contribution in [3.8, 4) is 0 Å². The number of aromatic nitrogens is 3. The van der Waals surface area contributed by atoms with Crippen LogP contribution in [0.25, 0.3) is 0 Å². The van der Waals surface area contributed by atoms with Gasteiger partial charge in [0.05, 0.1) is 23.8 Å². The lowest BCUT2D eigenvalue weighted by molar-refractivity contribution is -0.151. The lowest BCUT2D eigenvalue weighted by atomic mass is 9.81. The van der Waals surface area contributed by atoms with Crippen LogP contribution < -0.4 is 0 Å². The van der Waals surface area contributed by atoms with Crippen LogP contribution in [-0.4, -0.2) is 45.4 Å². The summed E-state index contributed by atoms with van der Waals surface area (Å²) in [6, 6.07) is 0. The molecular formula is C17H24N4O4. The van der Waals surface area contributed by atoms with Crippen molar-refractivity contribution in [1.82, 2.24) is 20.3 Å². The van der Waals surface area contributed by atoms with Crippen molar-refractivity contribution in [2.75, 3.05) is 13.1 Å². The zero-order chi connectivity index (χ0) is 18.4. The van der Waals surface area contributed by atoms with Gasteiger partial charge in [-0.1, -0.05) is 5.16 Å². The first-order valence-electron chi connectivity index (χ1n) is 8.38. The Morgan fingerprint density at radius 1 is 1.20 bits per heavy atom. The van der Waals surface area contributed by atoms with E-state index in [0.717, 1.165) is 11.3 Å². The van der Waals surface area contributed by atoms with E-state index >= 15 is 0 Å². The summed E-state index contributed by atoms with van der Waals surface area (Å²) in [5.74, 6) is 1.54. The SMILES string of the molecule is Cc1nnc([C@H]2CN(C(=O)C(C)(C)c3c(C)noc3C)C[C@@H](C)O2)o1. The molecule has 0 aromatic carbocycles. The van der Waals surface area contributed by atoms with Crippen LogP contribution in [-0.2, 0) is 14.9 Å². The fourth-order valence-corrected chi connectivity index (χ4v) is 3.57. The molecule has 0 N–H and O–H groups in total. The molecule has 1 saturated heterocycles. The summed E-state index contributed by atoms with van der Waals surface area (Å²) in [6.45, 7) is 12.0. The summed E-state index contributed by atoms with van der Waals surface area (Å²) in [4.78, 5) is 15.1. The van der Waals surface area contributed by atoms with Crippen molar-refractivity contribution in [3.63, 3.8) is 0 Å². The molecule has 25 heavy (non-hydrogen) atoms. The molecule has 1 fully saturated rings. The monoisotopic (exact) mass is 348 g/mol. The van der Waals surface area contributed by atoms with E-state index in [1.165, 1.54) is 0 Å². The minimum Gasteiger partial charge on any atom is -0.423 e. The van der Waals surface area contributed by atoms with E-state index in [9.17, 15) is 4.79 Å². The third-order valence-electron chi connectivity index (χ3n) is 4.56. The van der Waals surface area contributed by atoms with Gasteiger partial charge in [-0.3, -0.25) is 4.79 Å². The third kappa shape index (κ3) is 3.18. The second kappa shape index (κ2) is 6.25. The Bertz CT molecular complexity index is 760. The average molecular weight is 348 g/mol. The maximum Gasteiger partial charge on any atom is 0.247 e. The second-order valence-corrected chi connectivity index (χ2v) is 7.13. The van der Waals surface area contributed by atoms with Crippen molar-refractivity contribution >= 4 is 5.91 Å². The Balaban J connectivity index is 1.85. The Labute approximate surface area is 146 Å². The number of morpholine rings is 1. The largest absolute Gasteiger partial charge is 0.423 e. The van der Waals surface area contributed by atoms with E-state index in [2.05, 4.69) is 15.4 Å². The van der Waals surface area contributed by atoms with Gasteiger partial charge in [0.2, 0.25) is 17.7 Å². The van der Waals surface area contributed by atoms with E-state index in [0.29, 0.717) is 30.6 Å². The number of carbonyl (C=O) groups excluding carboxylic acids is 1. The molecule has 0 radical (unpaired) electrons. The van der Waals surface area contributed by atoms with Crippen LogP contribution in [0.15, 0.2) is 8.94 Å². The van der Waals surface area contributed by atoms with Gasteiger partial charge in [-0.2, -0.15) is 0 Å². The van der Waals surface area contributed by atoms with Crippen LogP contribution in [0.2, 0.25) is 0 Å². The molecule has 0 aliphatic carbocycles. The first kappa shape index (κ1) is 17.6. The molecule has 8 heteroatoms. The van der Waals surface area contributed by atoms with Gasteiger partial charge in [0.1, 0.15) is 5.76 Å². The van der Waals surface area contributed by atoms with Crippen LogP contribution in [0.1, 0.15) is 55.7 Å². The maximum atomic E-state index is 13.3. The molecule has 0 bridgehead atoms. The van der Waals surface area contributed by atoms with Crippen molar-refractivity contribution in [2.24, 2.45) is 0 Å². The van der Waals surface area contributed by atoms with Crippen molar-refractivity contribution in [1.29, 1.82) is 0 Å². The highest BCUT2D eigenvalue weighted by Gasteiger charge is 2.42. The van der Waals surface area contributed by atoms with Gasteiger partial charge in [-0.25, -0.2) is 0 Å². The van der Waals surface area contributed by atoms with E-state index in [-0.39, 0.29) is 12.0 Å². The Morgan fingerprint density at radius 3 is 2.48 bits per heavy atom. The van der Waals surface area contributed by atoms with Gasteiger partial charge in [0.15, 0.2) is 6.10 Å². The zero-order valence-corrected chi connectivity index (χ0v) is 15.5. The minimum absolute atomic E-state index is 0.00159. The van der Waals surface area contributed by atoms with Gasteiger partial charge in [-0.05, 0) is 34.6 Å². The molecule has 3 heterocycles. The topological polar surface area (TPSA) is 94.5 Å². The second-order valence-electron chi connectivity index (χ2n) is 7.13. The quantitative estimate of drug-likeness (QED) is 0.839. The highest BCUT2D eigenvalue weighted by molar-refractivity contribution is 5.88. The molecule has 1 aliphatic rings. The average Bonchev–Trinajstić information content (AvgIpc) is 3.12. The van der Waals surface area contributed by atoms with Gasteiger partial charge in [-0.15, -0.1) is 10.2 Å². The molecular weight excluding hydrogens is 324 g/mol. The summed E-state index contributed by atoms with van der Waals surface area (Å²) >= 11 is 0. The number of ether oxygens (including phenoxy) is 1. The molecule has 0 unspecified atom stereocenters. The minimum atomic E-state index is -0.749. The van der Waals surface area contributed by atoms with Gasteiger partial charge in [0, 0.05) is 19.0 Å². The summed E-state index contributed by atoms with van der Waals surface area (Å²) < 4.78 is 16.6. The standard InChI is InChI=1S/C17H24N4O4/c1-9-7-21(8-13(23-9)15-19-18-12(4)24-15)16(22)17(5,6)14-10(2)20-25-11(14)3/h9,13H,7-8H2,1-6H3/t9-,13-/m1/s1. The summed E-state index contributed by atoms with van der Waals surface area (Å²) in [6.07, 6.45) is -0.551. The fraction of sp³-hybridized carbons (Fsp3) is 0.647. The summed E-state index contributed by atoms with van der Waals surface area (Å²) in [5.41, 5.74) is 0.823. The molecule has 2 atom stereocenters. The highest BCUT2D eigenvalue weighted by atomic mass is 16.5. The van der Waals surface area contributed by atoms with Gasteiger partial charge in [0.25, 0.3) is 0 Å². The molecule has 1 amide bonds. The van der Waals surface area contributed by atoms with E-state index < -0.39 is 11.5 Å². The number of hydrogen-bond acceptors (Lipinski definition) is 7. The first-order valence-corrected chi connectivity index (χ1v) is 8.38. The van der Waals surface area contributed by atoms with Gasteiger partial charge < -0.3 is 18.6 Å². The Morgan fingerprint density at radius 2 is 1.92 bits per heavy atom. The maximum absolute atomic E-state index is 13.3. The fourth-order valence-electron chi connectivity index (χ4n) is 3.57. The normalized spacial score (nSPS) is 21.6. The van der Waals surface area contributed by atoms with E-state index in [1.54, 1.807) is 11.8 Å². The van der Waals surface area contributed by atoms with Crippen LogP contribution in [0, 0.1) is 20.8 Å². The summed E-state index contributed by atoms with van der Waals surface area (Å²) in [7, 11) is 0. The molecule has 0 saturated carbocycles. The lowest BCUT2D eigenvalue weighted by Gasteiger charge is -2.39. The lowest BCUT2D eigenvalue weighted by Crippen LogP contribution is -2.51. The van der Waals surface area contributed by atoms with Crippen molar-refractivity contribution < 1.29 is 18.5 Å². The van der Waals surface area contributed by atoms with Crippen LogP contribution in [0.4, 0.5) is 0 Å². The Kier molecular flexibility index (Phi) is 4.40. The molecule has 8 nitrogen and oxygen atoms in total. The van der Waals surface area contributed by atoms with Crippen LogP contribution in [0.5, 0.6) is 0 Å². The van der Waals surface area contributed by atoms with Crippen LogP contribution >= 0.6 is 0 Å². The highest BCUT2D eigenvalue weighted by Crippen LogP contribution is 2.33. The van der Waals surface area contributed by atoms with E-state index in [1.807, 2.05) is 34.6 Å². The molecule has 3 rings (SSSR count). The van der Waals surface area contributed by atoms with E-state index in [4.69, 9.17) is 13.7 Å². The summed E-state index contributed by atoms with van der Waals surface area (Å²) in [5, 5.41) is 11.9. The molecule has 136 valence electrons. The number of amides is 1. The van der Waals surface area contributed by atoms with Crippen molar-refractivity contribution in [3.05, 3.63) is 28.8 Å². The number of carbonyl (C=O) groups is 1. The predicted molar refractivity (Wildman–Crippen MR) is 87.9 cm³/mol. The molecule has 0 spiro atoms. The Hall–Kier alpha value is -2.22. The molecule has 2 aromatic rings. The smallest absolute Gasteiger partial charge is 0.247 e. The number of rotatable bonds is 3.